The van der Waals surface area contributed by atoms with Crippen molar-refractivity contribution in [1.29, 1.82) is 5.26 Å². The second-order valence-corrected chi connectivity index (χ2v) is 5.23. The number of hydrogen-bond acceptors (Lipinski definition) is 8. The number of H-pyrrole nitrogens is 1. The number of nitrogens with one attached hydrogen (secondary N) is 2. The number of nitrogens with zero attached hydrogens (tertiary/aromatic N) is 5. The van der Waals surface area contributed by atoms with Crippen LogP contribution >= 0.6 is 0 Å². The van der Waals surface area contributed by atoms with Crippen LogP contribution in [0.2, 0.25) is 0 Å². The number of aromatic nitrogens is 4. The number of aromatic amines is 1. The standard InChI is InChI=1S/C17H11N7O3/c18-9-12(17-20-22-23-21-17)10-19-15-7-6-13(24(26)27)8-14(15)16(25)11-4-2-1-3-5-11/h1-8,10,19H,(H,20,21,22,23). The smallest absolute Gasteiger partial charge is 0.270 e. The number of carbonyl (C=O) groups excluding carboxylic acids is 1. The molecule has 1 heterocycles. The number of non-ortho nitro benzene ring substituents is 1. The van der Waals surface area contributed by atoms with Crippen LogP contribution in [0.25, 0.3) is 5.57 Å². The molecule has 0 amide bonds. The maximum atomic E-state index is 12.8. The second-order valence-electron chi connectivity index (χ2n) is 5.23. The molecule has 2 aromatic carbocycles. The van der Waals surface area contributed by atoms with Crippen LogP contribution < -0.4 is 5.32 Å². The molecule has 3 rings (SSSR count). The summed E-state index contributed by atoms with van der Waals surface area (Å²) >= 11 is 0. The molecule has 0 spiro atoms. The summed E-state index contributed by atoms with van der Waals surface area (Å²) in [5.74, 6) is -0.323. The number of hydrogen-bond donors (Lipinski definition) is 2. The number of nitro groups is 1. The van der Waals surface area contributed by atoms with Crippen LogP contribution in [0.3, 0.4) is 0 Å². The third-order valence-electron chi connectivity index (χ3n) is 3.57. The van der Waals surface area contributed by atoms with Gasteiger partial charge in [-0.15, -0.1) is 10.2 Å². The summed E-state index contributed by atoms with van der Waals surface area (Å²) in [6.45, 7) is 0. The van der Waals surface area contributed by atoms with Gasteiger partial charge in [0.25, 0.3) is 5.69 Å². The van der Waals surface area contributed by atoms with E-state index in [2.05, 4.69) is 25.9 Å². The van der Waals surface area contributed by atoms with Crippen molar-refractivity contribution in [3.8, 4) is 6.07 Å². The maximum absolute atomic E-state index is 12.8. The molecule has 1 aromatic heterocycles. The minimum absolute atomic E-state index is 0.0696. The fourth-order valence-corrected chi connectivity index (χ4v) is 2.28. The summed E-state index contributed by atoms with van der Waals surface area (Å²) in [6.07, 6.45) is 1.30. The number of ketones is 1. The second kappa shape index (κ2) is 7.66. The Labute approximate surface area is 152 Å². The van der Waals surface area contributed by atoms with Gasteiger partial charge in [0, 0.05) is 29.6 Å². The average molecular weight is 361 g/mol. The first-order valence-corrected chi connectivity index (χ1v) is 7.59. The third-order valence-corrected chi connectivity index (χ3v) is 3.57. The molecule has 27 heavy (non-hydrogen) atoms. The molecule has 0 atom stereocenters. The topological polar surface area (TPSA) is 150 Å². The highest BCUT2D eigenvalue weighted by molar-refractivity contribution is 6.12. The summed E-state index contributed by atoms with van der Waals surface area (Å²) in [7, 11) is 0. The first-order chi connectivity index (χ1) is 13.1. The zero-order valence-electron chi connectivity index (χ0n) is 13.7. The Hall–Kier alpha value is -4.39. The molecular weight excluding hydrogens is 350 g/mol. The number of tetrazole rings is 1. The number of carbonyl (C=O) groups is 1. The van der Waals surface area contributed by atoms with Crippen molar-refractivity contribution in [3.63, 3.8) is 0 Å². The highest BCUT2D eigenvalue weighted by Crippen LogP contribution is 2.25. The summed E-state index contributed by atoms with van der Waals surface area (Å²) < 4.78 is 0. The molecule has 0 aliphatic heterocycles. The Morgan fingerprint density at radius 2 is 2.04 bits per heavy atom. The van der Waals surface area contributed by atoms with E-state index in [1.807, 2.05) is 6.07 Å². The van der Waals surface area contributed by atoms with Gasteiger partial charge in [0.1, 0.15) is 11.6 Å². The molecular formula is C17H11N7O3. The van der Waals surface area contributed by atoms with E-state index in [1.165, 1.54) is 24.4 Å². The van der Waals surface area contributed by atoms with E-state index in [9.17, 15) is 20.2 Å². The molecule has 3 aromatic rings. The molecule has 0 saturated heterocycles. The molecule has 10 heteroatoms. The molecule has 132 valence electrons. The van der Waals surface area contributed by atoms with Crippen molar-refractivity contribution < 1.29 is 9.72 Å². The molecule has 10 nitrogen and oxygen atoms in total. The van der Waals surface area contributed by atoms with E-state index in [0.29, 0.717) is 11.3 Å². The molecule has 0 fully saturated rings. The van der Waals surface area contributed by atoms with Gasteiger partial charge >= 0.3 is 0 Å². The maximum Gasteiger partial charge on any atom is 0.270 e. The van der Waals surface area contributed by atoms with E-state index in [1.54, 1.807) is 30.3 Å². The third kappa shape index (κ3) is 3.83. The first-order valence-electron chi connectivity index (χ1n) is 7.59. The van der Waals surface area contributed by atoms with Crippen LogP contribution in [0.5, 0.6) is 0 Å². The van der Waals surface area contributed by atoms with E-state index < -0.39 is 10.7 Å². The lowest BCUT2D eigenvalue weighted by Gasteiger charge is -2.09. The summed E-state index contributed by atoms with van der Waals surface area (Å²) in [5.41, 5.74) is 0.620. The quantitative estimate of drug-likeness (QED) is 0.294. The lowest BCUT2D eigenvalue weighted by Crippen LogP contribution is -2.06. The zero-order chi connectivity index (χ0) is 19.2. The lowest BCUT2D eigenvalue weighted by atomic mass is 10.0. The molecule has 0 unspecified atom stereocenters. The number of allylic oxidation sites excluding steroid dienone is 1. The van der Waals surface area contributed by atoms with E-state index in [-0.39, 0.29) is 22.6 Å². The number of rotatable bonds is 6. The van der Waals surface area contributed by atoms with Gasteiger partial charge in [-0.25, -0.2) is 0 Å². The van der Waals surface area contributed by atoms with Crippen molar-refractivity contribution in [1.82, 2.24) is 20.6 Å². The van der Waals surface area contributed by atoms with E-state index in [0.717, 1.165) is 0 Å². The Balaban J connectivity index is 2.01. The van der Waals surface area contributed by atoms with Crippen molar-refractivity contribution in [2.75, 3.05) is 5.32 Å². The normalized spacial score (nSPS) is 10.9. The van der Waals surface area contributed by atoms with Crippen molar-refractivity contribution in [2.45, 2.75) is 0 Å². The summed E-state index contributed by atoms with van der Waals surface area (Å²) in [5, 5.41) is 36.1. The van der Waals surface area contributed by atoms with Crippen LogP contribution in [-0.2, 0) is 0 Å². The van der Waals surface area contributed by atoms with Crippen LogP contribution in [0, 0.1) is 21.4 Å². The van der Waals surface area contributed by atoms with Gasteiger partial charge in [-0.3, -0.25) is 14.9 Å². The van der Waals surface area contributed by atoms with Crippen LogP contribution in [0.15, 0.2) is 54.7 Å². The number of nitro benzene ring substituents is 1. The Morgan fingerprint density at radius 1 is 1.26 bits per heavy atom. The highest BCUT2D eigenvalue weighted by atomic mass is 16.6. The van der Waals surface area contributed by atoms with Gasteiger partial charge in [0.2, 0.25) is 5.82 Å². The molecule has 0 radical (unpaired) electrons. The number of anilines is 1. The predicted octanol–water partition coefficient (Wildman–Crippen LogP) is 2.32. The Kier molecular flexibility index (Phi) is 4.95. The van der Waals surface area contributed by atoms with Crippen LogP contribution in [0.4, 0.5) is 11.4 Å². The molecule has 0 saturated carbocycles. The number of nitriles is 1. The summed E-state index contributed by atoms with van der Waals surface area (Å²) in [4.78, 5) is 23.3. The van der Waals surface area contributed by atoms with Gasteiger partial charge in [0.15, 0.2) is 5.78 Å². The predicted molar refractivity (Wildman–Crippen MR) is 94.4 cm³/mol. The first kappa shape index (κ1) is 17.4. The molecule has 0 aliphatic rings. The molecule has 2 N–H and O–H groups in total. The minimum atomic E-state index is -0.582. The van der Waals surface area contributed by atoms with Gasteiger partial charge < -0.3 is 5.32 Å². The van der Waals surface area contributed by atoms with Crippen molar-refractivity contribution in [2.24, 2.45) is 0 Å². The van der Waals surface area contributed by atoms with Crippen LogP contribution in [-0.4, -0.2) is 31.3 Å². The minimum Gasteiger partial charge on any atom is -0.360 e. The summed E-state index contributed by atoms with van der Waals surface area (Å²) in [6, 6.07) is 14.1. The average Bonchev–Trinajstić information content (AvgIpc) is 3.23. The van der Waals surface area contributed by atoms with E-state index >= 15 is 0 Å². The monoisotopic (exact) mass is 361 g/mol. The van der Waals surface area contributed by atoms with E-state index in [4.69, 9.17) is 0 Å². The van der Waals surface area contributed by atoms with Crippen LogP contribution in [0.1, 0.15) is 21.7 Å². The Bertz CT molecular complexity index is 1050. The van der Waals surface area contributed by atoms with Gasteiger partial charge in [0.05, 0.1) is 10.5 Å². The van der Waals surface area contributed by atoms with Gasteiger partial charge in [-0.1, -0.05) is 30.3 Å². The zero-order valence-corrected chi connectivity index (χ0v) is 13.7. The largest absolute Gasteiger partial charge is 0.360 e. The fraction of sp³-hybridized carbons (Fsp3) is 0. The lowest BCUT2D eigenvalue weighted by molar-refractivity contribution is -0.384. The molecule has 0 aliphatic carbocycles. The van der Waals surface area contributed by atoms with Crippen molar-refractivity contribution in [3.05, 3.63) is 81.8 Å². The van der Waals surface area contributed by atoms with Crippen molar-refractivity contribution >= 4 is 22.7 Å². The Morgan fingerprint density at radius 3 is 2.67 bits per heavy atom. The van der Waals surface area contributed by atoms with Gasteiger partial charge in [-0.05, 0) is 11.3 Å². The molecule has 0 bridgehead atoms. The fourth-order valence-electron chi connectivity index (χ4n) is 2.28. The number of benzene rings is 2. The van der Waals surface area contributed by atoms with Gasteiger partial charge in [-0.2, -0.15) is 10.5 Å². The highest BCUT2D eigenvalue weighted by Gasteiger charge is 2.18. The SMILES string of the molecule is N#CC(=CNc1ccc([N+](=O)[O-])cc1C(=O)c1ccccc1)c1nn[nH]n1.